The number of nitrogens with zero attached hydrogens (tertiary/aromatic N) is 2. The van der Waals surface area contributed by atoms with Crippen molar-refractivity contribution in [1.29, 1.82) is 0 Å². The van der Waals surface area contributed by atoms with Crippen LogP contribution in [0.1, 0.15) is 53.9 Å². The first kappa shape index (κ1) is 17.9. The van der Waals surface area contributed by atoms with Gasteiger partial charge in [0.1, 0.15) is 5.52 Å². The van der Waals surface area contributed by atoms with E-state index in [0.29, 0.717) is 16.8 Å². The maximum Gasteiger partial charge on any atom is 0.359 e. The zero-order chi connectivity index (χ0) is 19.0. The molecule has 1 aromatic carbocycles. The van der Waals surface area contributed by atoms with Crippen molar-refractivity contribution in [1.82, 2.24) is 14.6 Å². The second-order valence-electron chi connectivity index (χ2n) is 6.73. The van der Waals surface area contributed by atoms with Crippen LogP contribution in [0.15, 0.2) is 29.2 Å². The smallest absolute Gasteiger partial charge is 0.359 e. The maximum absolute atomic E-state index is 12.8. The molecule has 0 saturated carbocycles. The number of aryl methyl sites for hydroxylation is 2. The number of rotatable bonds is 4. The third-order valence-electron chi connectivity index (χ3n) is 4.53. The van der Waals surface area contributed by atoms with Crippen LogP contribution >= 0.6 is 0 Å². The second kappa shape index (κ2) is 6.78. The van der Waals surface area contributed by atoms with Crippen molar-refractivity contribution in [2.75, 3.05) is 6.61 Å². The first-order chi connectivity index (χ1) is 12.3. The zero-order valence-corrected chi connectivity index (χ0v) is 15.7. The van der Waals surface area contributed by atoms with Crippen LogP contribution in [-0.4, -0.2) is 27.2 Å². The van der Waals surface area contributed by atoms with E-state index in [-0.39, 0.29) is 23.8 Å². The minimum Gasteiger partial charge on any atom is -0.461 e. The molecule has 0 fully saturated rings. The molecule has 0 aliphatic heterocycles. The Morgan fingerprint density at radius 3 is 2.62 bits per heavy atom. The molecule has 0 saturated heterocycles. The number of nitrogens with one attached hydrogen (secondary N) is 1. The Hall–Kier alpha value is -2.89. The molecule has 3 rings (SSSR count). The van der Waals surface area contributed by atoms with Gasteiger partial charge in [0, 0.05) is 5.56 Å². The lowest BCUT2D eigenvalue weighted by atomic mass is 10.0. The quantitative estimate of drug-likeness (QED) is 0.727. The van der Waals surface area contributed by atoms with Crippen LogP contribution in [0.5, 0.6) is 0 Å². The predicted octanol–water partition coefficient (Wildman–Crippen LogP) is 3.61. The van der Waals surface area contributed by atoms with Crippen LogP contribution < -0.4 is 5.56 Å². The highest BCUT2D eigenvalue weighted by molar-refractivity contribution is 5.91. The summed E-state index contributed by atoms with van der Waals surface area (Å²) in [5.41, 5.74) is 4.79. The number of H-pyrrole nitrogens is 1. The molecule has 2 heterocycles. The number of carbonyl (C=O) groups is 1. The zero-order valence-electron chi connectivity index (χ0n) is 15.7. The molecular weight excluding hydrogens is 330 g/mol. The summed E-state index contributed by atoms with van der Waals surface area (Å²) in [5, 5.41) is 4.36. The van der Waals surface area contributed by atoms with Crippen molar-refractivity contribution >= 4 is 11.5 Å². The average Bonchev–Trinajstić information content (AvgIpc) is 2.98. The molecule has 0 atom stereocenters. The summed E-state index contributed by atoms with van der Waals surface area (Å²) in [6.45, 7) is 9.92. The largest absolute Gasteiger partial charge is 0.461 e. The van der Waals surface area contributed by atoms with Gasteiger partial charge in [-0.1, -0.05) is 26.0 Å². The lowest BCUT2D eigenvalue weighted by Gasteiger charge is -2.07. The van der Waals surface area contributed by atoms with Crippen molar-refractivity contribution in [2.45, 2.75) is 40.5 Å². The Kier molecular flexibility index (Phi) is 4.68. The number of hydrogen-bond acceptors (Lipinski definition) is 4. The highest BCUT2D eigenvalue weighted by Gasteiger charge is 2.24. The highest BCUT2D eigenvalue weighted by Crippen LogP contribution is 2.25. The minimum atomic E-state index is -0.507. The summed E-state index contributed by atoms with van der Waals surface area (Å²) < 4.78 is 6.60. The summed E-state index contributed by atoms with van der Waals surface area (Å²) >= 11 is 0. The van der Waals surface area contributed by atoms with Crippen LogP contribution in [0.3, 0.4) is 0 Å². The van der Waals surface area contributed by atoms with E-state index in [1.54, 1.807) is 13.1 Å². The Balaban J connectivity index is 2.24. The van der Waals surface area contributed by atoms with Crippen LogP contribution in [0, 0.1) is 13.8 Å². The van der Waals surface area contributed by atoms with Gasteiger partial charge in [0.25, 0.3) is 5.56 Å². The Morgan fingerprint density at radius 1 is 1.27 bits per heavy atom. The van der Waals surface area contributed by atoms with Gasteiger partial charge in [-0.15, -0.1) is 0 Å². The number of carbonyl (C=O) groups excluding carboxylic acids is 1. The van der Waals surface area contributed by atoms with Gasteiger partial charge in [-0.25, -0.2) is 9.31 Å². The fourth-order valence-electron chi connectivity index (χ4n) is 3.06. The van der Waals surface area contributed by atoms with E-state index in [1.165, 1.54) is 10.1 Å². The maximum atomic E-state index is 12.8. The molecule has 0 amide bonds. The molecule has 1 N–H and O–H groups in total. The van der Waals surface area contributed by atoms with Crippen molar-refractivity contribution < 1.29 is 9.53 Å². The number of fused-ring (bicyclic) bond motifs is 1. The number of esters is 1. The monoisotopic (exact) mass is 353 g/mol. The normalized spacial score (nSPS) is 11.3. The van der Waals surface area contributed by atoms with Crippen molar-refractivity contribution in [3.63, 3.8) is 0 Å². The number of ether oxygens (including phenoxy) is 1. The molecule has 2 aromatic heterocycles. The van der Waals surface area contributed by atoms with Gasteiger partial charge in [0.2, 0.25) is 0 Å². The topological polar surface area (TPSA) is 76.5 Å². The van der Waals surface area contributed by atoms with Gasteiger partial charge in [-0.3, -0.25) is 4.79 Å². The van der Waals surface area contributed by atoms with E-state index in [0.717, 1.165) is 11.1 Å². The fraction of sp³-hybridized carbons (Fsp3) is 0.350. The minimum absolute atomic E-state index is 0.0412. The molecule has 0 spiro atoms. The molecule has 0 unspecified atom stereocenters. The van der Waals surface area contributed by atoms with Gasteiger partial charge in [-0.2, -0.15) is 5.10 Å². The molecule has 3 aromatic rings. The summed E-state index contributed by atoms with van der Waals surface area (Å²) in [6.07, 6.45) is 1.75. The molecule has 0 bridgehead atoms. The van der Waals surface area contributed by atoms with E-state index in [4.69, 9.17) is 4.74 Å². The van der Waals surface area contributed by atoms with Gasteiger partial charge >= 0.3 is 5.97 Å². The number of benzene rings is 1. The van der Waals surface area contributed by atoms with Gasteiger partial charge in [0.05, 0.1) is 18.5 Å². The summed E-state index contributed by atoms with van der Waals surface area (Å²) in [6, 6.07) is 5.99. The highest BCUT2D eigenvalue weighted by atomic mass is 16.5. The van der Waals surface area contributed by atoms with E-state index in [2.05, 4.69) is 10.1 Å². The Morgan fingerprint density at radius 2 is 2.00 bits per heavy atom. The van der Waals surface area contributed by atoms with Crippen LogP contribution in [0.25, 0.3) is 16.8 Å². The lowest BCUT2D eigenvalue weighted by molar-refractivity contribution is 0.0517. The van der Waals surface area contributed by atoms with Gasteiger partial charge in [0.15, 0.2) is 5.69 Å². The average molecular weight is 353 g/mol. The summed E-state index contributed by atoms with van der Waals surface area (Å²) in [4.78, 5) is 28.0. The molecule has 0 aliphatic carbocycles. The number of hydrogen-bond donors (Lipinski definition) is 1. The fourth-order valence-corrected chi connectivity index (χ4v) is 3.06. The molecular formula is C20H23N3O3. The molecule has 136 valence electrons. The van der Waals surface area contributed by atoms with E-state index in [1.807, 2.05) is 45.9 Å². The van der Waals surface area contributed by atoms with Crippen molar-refractivity contribution in [2.24, 2.45) is 0 Å². The summed E-state index contributed by atoms with van der Waals surface area (Å²) in [5.74, 6) is -0.549. The molecule has 6 nitrogen and oxygen atoms in total. The number of aromatic nitrogens is 3. The lowest BCUT2D eigenvalue weighted by Crippen LogP contribution is -2.13. The molecule has 6 heteroatoms. The third kappa shape index (κ3) is 3.03. The predicted molar refractivity (Wildman–Crippen MR) is 101 cm³/mol. The van der Waals surface area contributed by atoms with Gasteiger partial charge < -0.3 is 9.72 Å². The van der Waals surface area contributed by atoms with Gasteiger partial charge in [-0.05, 0) is 49.4 Å². The van der Waals surface area contributed by atoms with Crippen molar-refractivity contribution in [3.8, 4) is 11.3 Å². The Bertz CT molecular complexity index is 1040. The Labute approximate surface area is 151 Å². The summed E-state index contributed by atoms with van der Waals surface area (Å²) in [7, 11) is 0. The first-order valence-corrected chi connectivity index (χ1v) is 8.73. The number of aromatic amines is 1. The van der Waals surface area contributed by atoms with Crippen LogP contribution in [0.2, 0.25) is 0 Å². The molecule has 0 radical (unpaired) electrons. The second-order valence-corrected chi connectivity index (χ2v) is 6.73. The van der Waals surface area contributed by atoms with Crippen molar-refractivity contribution in [3.05, 3.63) is 57.1 Å². The van der Waals surface area contributed by atoms with E-state index in [9.17, 15) is 9.59 Å². The third-order valence-corrected chi connectivity index (χ3v) is 4.53. The molecule has 26 heavy (non-hydrogen) atoms. The van der Waals surface area contributed by atoms with Crippen LogP contribution in [0.4, 0.5) is 0 Å². The van der Waals surface area contributed by atoms with E-state index < -0.39 is 5.97 Å². The van der Waals surface area contributed by atoms with E-state index >= 15 is 0 Å². The first-order valence-electron chi connectivity index (χ1n) is 8.73. The standard InChI is InChI=1S/C20H23N3O3/c1-6-26-20(25)17-16(11(2)3)18-19(24)21-15(10-23(18)22-17)14-8-7-12(4)13(5)9-14/h7-11H,6H2,1-5H3,(H,21,24). The molecule has 0 aliphatic rings. The SMILES string of the molecule is CCOC(=O)c1nn2cc(-c3ccc(C)c(C)c3)[nH]c(=O)c2c1C(C)C. The van der Waals surface area contributed by atoms with Crippen LogP contribution in [-0.2, 0) is 4.74 Å².